The second-order valence-electron chi connectivity index (χ2n) is 20.2. The third-order valence-electron chi connectivity index (χ3n) is 12.6. The summed E-state index contributed by atoms with van der Waals surface area (Å²) in [6.07, 6.45) is -11.4. The average molecular weight is 1600 g/mol. The fourth-order valence-electron chi connectivity index (χ4n) is 6.86. The highest BCUT2D eigenvalue weighted by molar-refractivity contribution is 5.21. The van der Waals surface area contributed by atoms with Crippen molar-refractivity contribution >= 4 is 0 Å². The van der Waals surface area contributed by atoms with Crippen LogP contribution in [0.2, 0.25) is 0 Å². The molecule has 49 heteroatoms. The minimum atomic E-state index is -9.97. The molecule has 0 aromatic heterocycles. The van der Waals surface area contributed by atoms with Gasteiger partial charge in [0.15, 0.2) is 0 Å². The first-order valence-corrected chi connectivity index (χ1v) is 30.4. The van der Waals surface area contributed by atoms with Gasteiger partial charge in [0, 0.05) is 6.42 Å². The molecule has 0 saturated carbocycles. The molecule has 0 aromatic rings. The first kappa shape index (κ1) is 100. The molecule has 20 nitrogen and oxygen atoms in total. The summed E-state index contributed by atoms with van der Waals surface area (Å²) in [4.78, 5) is 0. The van der Waals surface area contributed by atoms with Crippen LogP contribution in [0.25, 0.3) is 0 Å². The predicted octanol–water partition coefficient (Wildman–Crippen LogP) is 9.51. The molecule has 0 atom stereocenters. The summed E-state index contributed by atoms with van der Waals surface area (Å²) in [6.45, 7) is 6.33. The lowest BCUT2D eigenvalue weighted by Crippen LogP contribution is -2.79. The van der Waals surface area contributed by atoms with Gasteiger partial charge in [-0.3, -0.25) is 0 Å². The highest BCUT2D eigenvalue weighted by Gasteiger charge is 3.01. The van der Waals surface area contributed by atoms with Crippen LogP contribution in [0.1, 0.15) is 6.42 Å². The Hall–Kier alpha value is -2.83. The van der Waals surface area contributed by atoms with Crippen LogP contribution in [0.15, 0.2) is 0 Å². The Morgan fingerprint density at radius 1 is 0.136 bits per heavy atom. The number of aliphatic hydroxyl groups excluding tert-OH is 1. The molecular weight excluding hydrogens is 1520 g/mol. The van der Waals surface area contributed by atoms with Gasteiger partial charge in [-0.1, -0.05) is 0 Å². The van der Waals surface area contributed by atoms with Crippen molar-refractivity contribution in [2.24, 2.45) is 0 Å². The second kappa shape index (κ2) is 48.6. The third-order valence-corrected chi connectivity index (χ3v) is 12.6. The molecule has 0 radical (unpaired) electrons. The molecule has 0 fully saturated rings. The van der Waals surface area contributed by atoms with E-state index >= 15 is 0 Å². The summed E-state index contributed by atoms with van der Waals surface area (Å²) in [5.74, 6) is -121. The van der Waals surface area contributed by atoms with E-state index in [9.17, 15) is 127 Å². The number of alkyl halides is 29. The van der Waals surface area contributed by atoms with Crippen LogP contribution in [-0.4, -0.2) is 346 Å². The van der Waals surface area contributed by atoms with E-state index in [1.165, 1.54) is 0 Å². The quantitative estimate of drug-likeness (QED) is 0.0446. The Kier molecular flexibility index (Phi) is 47.3. The Balaban J connectivity index is 4.07. The molecule has 0 aliphatic heterocycles. The van der Waals surface area contributed by atoms with Crippen LogP contribution in [0, 0.1) is 0 Å². The number of hydrogen-bond donors (Lipinski definition) is 1. The van der Waals surface area contributed by atoms with E-state index < -0.39 is 109 Å². The van der Waals surface area contributed by atoms with Gasteiger partial charge in [0.1, 0.15) is 0 Å². The van der Waals surface area contributed by atoms with Crippen molar-refractivity contribution in [3.05, 3.63) is 0 Å². The molecule has 0 bridgehead atoms. The minimum Gasteiger partial charge on any atom is -0.394 e. The molecule has 0 aliphatic carbocycles. The van der Waals surface area contributed by atoms with Gasteiger partial charge < -0.3 is 95.1 Å². The molecular formula is C54H81F29O20. The number of hydrogen-bond acceptors (Lipinski definition) is 20. The van der Waals surface area contributed by atoms with Gasteiger partial charge in [0.2, 0.25) is 0 Å². The summed E-state index contributed by atoms with van der Waals surface area (Å²) < 4.78 is 499. The first-order chi connectivity index (χ1) is 47.8. The zero-order valence-corrected chi connectivity index (χ0v) is 54.4. The van der Waals surface area contributed by atoms with E-state index in [2.05, 4.69) is 4.74 Å². The summed E-state index contributed by atoms with van der Waals surface area (Å²) in [5, 5.41) is 8.60. The predicted molar refractivity (Wildman–Crippen MR) is 288 cm³/mol. The molecule has 620 valence electrons. The lowest BCUT2D eigenvalue weighted by molar-refractivity contribution is -0.487. The van der Waals surface area contributed by atoms with E-state index in [1.807, 2.05) is 0 Å². The molecule has 0 spiro atoms. The largest absolute Gasteiger partial charge is 0.460 e. The van der Waals surface area contributed by atoms with Crippen LogP contribution in [0.5, 0.6) is 0 Å². The van der Waals surface area contributed by atoms with Crippen molar-refractivity contribution < 1.29 is 222 Å². The van der Waals surface area contributed by atoms with E-state index in [0.717, 1.165) is 0 Å². The van der Waals surface area contributed by atoms with Crippen LogP contribution in [0.4, 0.5) is 127 Å². The fourth-order valence-corrected chi connectivity index (χ4v) is 6.86. The van der Waals surface area contributed by atoms with Gasteiger partial charge in [0.05, 0.1) is 258 Å². The van der Waals surface area contributed by atoms with Crippen LogP contribution in [-0.2, 0) is 90.0 Å². The molecule has 0 amide bonds. The van der Waals surface area contributed by atoms with E-state index in [4.69, 9.17) is 90.4 Å². The van der Waals surface area contributed by atoms with Crippen LogP contribution >= 0.6 is 0 Å². The topological polar surface area (TPSA) is 196 Å². The van der Waals surface area contributed by atoms with Crippen LogP contribution in [0.3, 0.4) is 0 Å². The standard InChI is InChI=1S/C54H81F29O20/c55-41(56,42(57,58)43(59,60)44(61,62)45(63,64)46(65,66)47(67,68)48(69,70)49(71,72)50(73,74)51(75,76)52(77,78)53(79,80)54(81,82)83)1-3-85-5-7-87-9-11-89-13-15-91-17-19-93-21-23-95-25-27-97-29-31-99-33-35-101-37-39-103-40-38-102-36-34-100-32-30-98-28-26-96-24-22-94-20-18-92-16-14-90-12-10-88-8-6-86-4-2-84/h84H,1-40H2. The summed E-state index contributed by atoms with van der Waals surface area (Å²) in [5.41, 5.74) is 0. The maximum absolute atomic E-state index is 14.3. The van der Waals surface area contributed by atoms with Crippen molar-refractivity contribution in [2.45, 2.75) is 89.6 Å². The summed E-state index contributed by atoms with van der Waals surface area (Å²) in [6, 6.07) is 0. The SMILES string of the molecule is OCCOCCOCCOCCOCCOCCOCCOCCOCCOCCOCCOCCOCCOCCOCCOCCOCCOCCOCCOCCC(F)(F)C(F)(F)C(F)(F)C(F)(F)C(F)(F)C(F)(F)C(F)(F)C(F)(F)C(F)(F)C(F)(F)C(F)(F)C(F)(F)C(F)(F)C(F)(F)F. The van der Waals surface area contributed by atoms with Crippen molar-refractivity contribution in [2.75, 3.05) is 258 Å². The minimum absolute atomic E-state index is 0.0180. The highest BCUT2D eigenvalue weighted by Crippen LogP contribution is 2.69. The van der Waals surface area contributed by atoms with Gasteiger partial charge in [0.25, 0.3) is 0 Å². The second-order valence-corrected chi connectivity index (χ2v) is 20.2. The van der Waals surface area contributed by atoms with E-state index in [-0.39, 0.29) is 79.3 Å². The number of rotatable bonds is 71. The third kappa shape index (κ3) is 30.5. The van der Waals surface area contributed by atoms with Gasteiger partial charge in [-0.15, -0.1) is 0 Å². The lowest BCUT2D eigenvalue weighted by Gasteiger charge is -2.46. The molecule has 103 heavy (non-hydrogen) atoms. The maximum atomic E-state index is 14.3. The Morgan fingerprint density at radius 2 is 0.243 bits per heavy atom. The molecule has 0 aromatic carbocycles. The van der Waals surface area contributed by atoms with Gasteiger partial charge in [-0.25, -0.2) is 0 Å². The number of aliphatic hydroxyl groups is 1. The normalized spacial score (nSPS) is 14.3. The number of ether oxygens (including phenoxy) is 19. The van der Waals surface area contributed by atoms with E-state index in [0.29, 0.717) is 159 Å². The monoisotopic (exact) mass is 1600 g/mol. The summed E-state index contributed by atoms with van der Waals surface area (Å²) >= 11 is 0. The summed E-state index contributed by atoms with van der Waals surface area (Å²) in [7, 11) is 0. The molecule has 0 rings (SSSR count). The van der Waals surface area contributed by atoms with Gasteiger partial charge in [-0.2, -0.15) is 127 Å². The van der Waals surface area contributed by atoms with Crippen molar-refractivity contribution in [1.29, 1.82) is 0 Å². The van der Waals surface area contributed by atoms with Gasteiger partial charge >= 0.3 is 83.2 Å². The van der Waals surface area contributed by atoms with Crippen LogP contribution < -0.4 is 0 Å². The number of halogens is 29. The van der Waals surface area contributed by atoms with Crippen molar-refractivity contribution in [3.8, 4) is 0 Å². The average Bonchev–Trinajstić information content (AvgIpc) is 0.683. The molecule has 0 saturated heterocycles. The smallest absolute Gasteiger partial charge is 0.394 e. The van der Waals surface area contributed by atoms with Gasteiger partial charge in [-0.05, 0) is 0 Å². The molecule has 0 heterocycles. The Labute approximate surface area is 569 Å². The zero-order valence-electron chi connectivity index (χ0n) is 54.4. The fraction of sp³-hybridized carbons (Fsp3) is 1.00. The molecule has 0 unspecified atom stereocenters. The molecule has 1 N–H and O–H groups in total. The van der Waals surface area contributed by atoms with E-state index in [1.54, 1.807) is 0 Å². The maximum Gasteiger partial charge on any atom is 0.460 e. The molecule has 0 aliphatic rings. The zero-order chi connectivity index (χ0) is 78.7. The lowest BCUT2D eigenvalue weighted by atomic mass is 9.83. The highest BCUT2D eigenvalue weighted by atomic mass is 19.4. The Morgan fingerprint density at radius 3 is 0.369 bits per heavy atom. The van der Waals surface area contributed by atoms with Crippen molar-refractivity contribution in [1.82, 2.24) is 0 Å². The van der Waals surface area contributed by atoms with Crippen molar-refractivity contribution in [3.63, 3.8) is 0 Å². The first-order valence-electron chi connectivity index (χ1n) is 30.4. The Bertz CT molecular complexity index is 2140.